The predicted octanol–water partition coefficient (Wildman–Crippen LogP) is 3.35. The number of anilines is 1. The van der Waals surface area contributed by atoms with E-state index in [0.717, 1.165) is 35.2 Å². The normalized spacial score (nSPS) is 19.2. The topological polar surface area (TPSA) is 80.4 Å². The highest BCUT2D eigenvalue weighted by atomic mass is 16.4. The molecule has 1 atom stereocenters. The van der Waals surface area contributed by atoms with E-state index in [1.54, 1.807) is 0 Å². The van der Waals surface area contributed by atoms with Gasteiger partial charge in [-0.3, -0.25) is 9.79 Å². The van der Waals surface area contributed by atoms with Crippen LogP contribution in [0.1, 0.15) is 41.3 Å². The molecule has 5 rings (SSSR count). The summed E-state index contributed by atoms with van der Waals surface area (Å²) in [5.74, 6) is 0.971. The number of nitrogens with zero attached hydrogens (tertiary/aromatic N) is 3. The van der Waals surface area contributed by atoms with Crippen LogP contribution < -0.4 is 5.32 Å². The second-order valence-corrected chi connectivity index (χ2v) is 6.91. The second kappa shape index (κ2) is 6.46. The summed E-state index contributed by atoms with van der Waals surface area (Å²) in [5.41, 5.74) is 3.70. The molecule has 2 aromatic carbocycles. The standard InChI is InChI=1S/C21H18N4O2/c26-17-12-15-8-4-5-9-16(15)18(13-6-2-1-3-7-13)22-19(17)23-21-25-24-20(27-21)14-10-11-14/h1-9,14,19H,10-12H2,(H,23,25)/t19-/m1/s1. The Morgan fingerprint density at radius 1 is 0.963 bits per heavy atom. The van der Waals surface area contributed by atoms with Gasteiger partial charge in [-0.2, -0.15) is 0 Å². The lowest BCUT2D eigenvalue weighted by molar-refractivity contribution is -0.119. The summed E-state index contributed by atoms with van der Waals surface area (Å²) >= 11 is 0. The van der Waals surface area contributed by atoms with Crippen LogP contribution in [0.25, 0.3) is 0 Å². The van der Waals surface area contributed by atoms with Gasteiger partial charge in [0, 0.05) is 23.5 Å². The van der Waals surface area contributed by atoms with E-state index in [2.05, 4.69) is 15.5 Å². The fourth-order valence-corrected chi connectivity index (χ4v) is 3.30. The molecule has 0 saturated heterocycles. The lowest BCUT2D eigenvalue weighted by Crippen LogP contribution is -2.29. The molecule has 1 aromatic heterocycles. The van der Waals surface area contributed by atoms with Crippen LogP contribution in [-0.4, -0.2) is 27.9 Å². The molecule has 0 spiro atoms. The summed E-state index contributed by atoms with van der Waals surface area (Å²) in [7, 11) is 0. The molecule has 1 fully saturated rings. The lowest BCUT2D eigenvalue weighted by Gasteiger charge is -2.11. The molecule has 2 aliphatic rings. The number of fused-ring (bicyclic) bond motifs is 1. The molecule has 6 nitrogen and oxygen atoms in total. The summed E-state index contributed by atoms with van der Waals surface area (Å²) in [6, 6.07) is 18.0. The van der Waals surface area contributed by atoms with E-state index in [1.165, 1.54) is 0 Å². The highest BCUT2D eigenvalue weighted by Gasteiger charge is 2.31. The van der Waals surface area contributed by atoms with Gasteiger partial charge in [0.25, 0.3) is 0 Å². The Morgan fingerprint density at radius 2 is 1.74 bits per heavy atom. The Balaban J connectivity index is 1.53. The first-order valence-corrected chi connectivity index (χ1v) is 9.12. The maximum absolute atomic E-state index is 12.9. The van der Waals surface area contributed by atoms with Crippen molar-refractivity contribution in [2.45, 2.75) is 31.3 Å². The van der Waals surface area contributed by atoms with E-state index in [0.29, 0.717) is 18.2 Å². The molecule has 0 bridgehead atoms. The highest BCUT2D eigenvalue weighted by Crippen LogP contribution is 2.39. The molecule has 1 N–H and O–H groups in total. The van der Waals surface area contributed by atoms with Gasteiger partial charge in [-0.1, -0.05) is 59.7 Å². The molecule has 3 aromatic rings. The average Bonchev–Trinajstić information content (AvgIpc) is 3.47. The van der Waals surface area contributed by atoms with Crippen LogP contribution in [0.15, 0.2) is 64.0 Å². The van der Waals surface area contributed by atoms with Crippen molar-refractivity contribution in [2.24, 2.45) is 4.99 Å². The van der Waals surface area contributed by atoms with Crippen LogP contribution in [0.5, 0.6) is 0 Å². The van der Waals surface area contributed by atoms with Gasteiger partial charge in [-0.25, -0.2) is 0 Å². The van der Waals surface area contributed by atoms with Crippen LogP contribution >= 0.6 is 0 Å². The van der Waals surface area contributed by atoms with E-state index in [9.17, 15) is 4.79 Å². The quantitative estimate of drug-likeness (QED) is 0.774. The first-order chi connectivity index (χ1) is 13.3. The van der Waals surface area contributed by atoms with Crippen LogP contribution in [0.2, 0.25) is 0 Å². The Kier molecular flexibility index (Phi) is 3.81. The molecular formula is C21H18N4O2. The number of hydrogen-bond acceptors (Lipinski definition) is 6. The molecule has 27 heavy (non-hydrogen) atoms. The fourth-order valence-electron chi connectivity index (χ4n) is 3.30. The van der Waals surface area contributed by atoms with E-state index >= 15 is 0 Å². The van der Waals surface area contributed by atoms with Gasteiger partial charge >= 0.3 is 6.01 Å². The van der Waals surface area contributed by atoms with Gasteiger partial charge in [-0.15, -0.1) is 5.10 Å². The van der Waals surface area contributed by atoms with Gasteiger partial charge in [-0.05, 0) is 18.4 Å². The monoisotopic (exact) mass is 358 g/mol. The number of aliphatic imine (C=N–C) groups is 1. The number of nitrogens with one attached hydrogen (secondary N) is 1. The van der Waals surface area contributed by atoms with Crippen LogP contribution in [0.3, 0.4) is 0 Å². The zero-order valence-corrected chi connectivity index (χ0v) is 14.6. The Morgan fingerprint density at radius 3 is 2.56 bits per heavy atom. The molecular weight excluding hydrogens is 340 g/mol. The van der Waals surface area contributed by atoms with E-state index in [-0.39, 0.29) is 11.8 Å². The minimum atomic E-state index is -0.764. The van der Waals surface area contributed by atoms with Crippen molar-refractivity contribution in [3.05, 3.63) is 77.2 Å². The SMILES string of the molecule is O=C1Cc2ccccc2C(c2ccccc2)=N[C@@H]1Nc1nnc(C2CC2)o1. The van der Waals surface area contributed by atoms with E-state index in [4.69, 9.17) is 9.41 Å². The number of carbonyl (C=O) groups is 1. The molecule has 1 aliphatic heterocycles. The van der Waals surface area contributed by atoms with Crippen molar-refractivity contribution in [1.29, 1.82) is 0 Å². The maximum Gasteiger partial charge on any atom is 0.317 e. The van der Waals surface area contributed by atoms with Crippen molar-refractivity contribution in [1.82, 2.24) is 10.2 Å². The van der Waals surface area contributed by atoms with Gasteiger partial charge < -0.3 is 9.73 Å². The third-order valence-corrected chi connectivity index (χ3v) is 4.87. The number of aromatic nitrogens is 2. The zero-order valence-electron chi connectivity index (χ0n) is 14.6. The number of benzene rings is 2. The minimum Gasteiger partial charge on any atom is -0.408 e. The van der Waals surface area contributed by atoms with Crippen LogP contribution in [0.4, 0.5) is 6.01 Å². The summed E-state index contributed by atoms with van der Waals surface area (Å²) in [6.45, 7) is 0. The largest absolute Gasteiger partial charge is 0.408 e. The Labute approximate surface area is 156 Å². The summed E-state index contributed by atoms with van der Waals surface area (Å²) in [6.07, 6.45) is 1.70. The van der Waals surface area contributed by atoms with Crippen LogP contribution in [-0.2, 0) is 11.2 Å². The van der Waals surface area contributed by atoms with Crippen molar-refractivity contribution in [2.75, 3.05) is 5.32 Å². The highest BCUT2D eigenvalue weighted by molar-refractivity contribution is 6.16. The number of rotatable bonds is 4. The lowest BCUT2D eigenvalue weighted by atomic mass is 9.96. The van der Waals surface area contributed by atoms with Gasteiger partial charge in [0.15, 0.2) is 11.9 Å². The third kappa shape index (κ3) is 3.14. The van der Waals surface area contributed by atoms with Gasteiger partial charge in [0.1, 0.15) is 0 Å². The first-order valence-electron chi connectivity index (χ1n) is 9.12. The fraction of sp³-hybridized carbons (Fsp3) is 0.238. The number of carbonyl (C=O) groups excluding carboxylic acids is 1. The molecule has 6 heteroatoms. The molecule has 0 unspecified atom stereocenters. The van der Waals surface area contributed by atoms with Crippen molar-refractivity contribution < 1.29 is 9.21 Å². The molecule has 0 radical (unpaired) electrons. The van der Waals surface area contributed by atoms with E-state index in [1.807, 2.05) is 54.6 Å². The number of ketones is 1. The smallest absolute Gasteiger partial charge is 0.317 e. The molecule has 0 amide bonds. The first kappa shape index (κ1) is 15.9. The zero-order chi connectivity index (χ0) is 18.2. The summed E-state index contributed by atoms with van der Waals surface area (Å²) in [5, 5.41) is 11.1. The molecule has 1 aliphatic carbocycles. The second-order valence-electron chi connectivity index (χ2n) is 6.91. The van der Waals surface area contributed by atoms with E-state index < -0.39 is 6.17 Å². The summed E-state index contributed by atoms with van der Waals surface area (Å²) < 4.78 is 5.66. The van der Waals surface area contributed by atoms with Crippen molar-refractivity contribution >= 4 is 17.5 Å². The Bertz CT molecular complexity index is 1020. The predicted molar refractivity (Wildman–Crippen MR) is 101 cm³/mol. The Hall–Kier alpha value is -3.28. The van der Waals surface area contributed by atoms with Crippen molar-refractivity contribution in [3.63, 3.8) is 0 Å². The van der Waals surface area contributed by atoms with Gasteiger partial charge in [0.2, 0.25) is 5.89 Å². The molecule has 1 saturated carbocycles. The molecule has 134 valence electrons. The average molecular weight is 358 g/mol. The van der Waals surface area contributed by atoms with Crippen LogP contribution in [0, 0.1) is 0 Å². The number of Topliss-reactive ketones (excluding diaryl/α,β-unsaturated/α-hetero) is 1. The van der Waals surface area contributed by atoms with Gasteiger partial charge in [0.05, 0.1) is 5.71 Å². The number of hydrogen-bond donors (Lipinski definition) is 1. The van der Waals surface area contributed by atoms with Crippen molar-refractivity contribution in [3.8, 4) is 0 Å². The minimum absolute atomic E-state index is 0.0282. The summed E-state index contributed by atoms with van der Waals surface area (Å²) in [4.78, 5) is 17.6. The maximum atomic E-state index is 12.9. The molecule has 2 heterocycles. The third-order valence-electron chi connectivity index (χ3n) is 4.87.